The molecule has 4 nitrogen and oxygen atoms in total. The highest BCUT2D eigenvalue weighted by molar-refractivity contribution is 9.13. The highest BCUT2D eigenvalue weighted by atomic mass is 79.9. The van der Waals surface area contributed by atoms with Gasteiger partial charge in [-0.25, -0.2) is 4.98 Å². The normalized spacial score (nSPS) is 10.3. The molecule has 2 aromatic rings. The summed E-state index contributed by atoms with van der Waals surface area (Å²) in [4.78, 5) is 15.8. The number of aromatic nitrogens is 3. The third-order valence-corrected chi connectivity index (χ3v) is 3.64. The third-order valence-electron chi connectivity index (χ3n) is 1.74. The molecule has 0 aliphatic rings. The predicted octanol–water partition coefficient (Wildman–Crippen LogP) is 2.15. The molecule has 6 heteroatoms. The second kappa shape index (κ2) is 4.24. The van der Waals surface area contributed by atoms with Crippen LogP contribution in [0.2, 0.25) is 0 Å². The van der Waals surface area contributed by atoms with Crippen molar-refractivity contribution in [3.63, 3.8) is 0 Å². The first-order valence-corrected chi connectivity index (χ1v) is 5.63. The lowest BCUT2D eigenvalue weighted by molar-refractivity contribution is 0.772. The summed E-state index contributed by atoms with van der Waals surface area (Å²) in [6.07, 6.45) is 3.15. The van der Waals surface area contributed by atoms with E-state index in [9.17, 15) is 4.79 Å². The zero-order chi connectivity index (χ0) is 10.8. The van der Waals surface area contributed by atoms with Gasteiger partial charge in [-0.1, -0.05) is 6.07 Å². The molecule has 15 heavy (non-hydrogen) atoms. The van der Waals surface area contributed by atoms with Crippen LogP contribution in [0.25, 0.3) is 5.82 Å². The minimum atomic E-state index is -0.247. The molecule has 0 atom stereocenters. The van der Waals surface area contributed by atoms with Gasteiger partial charge in [-0.2, -0.15) is 9.78 Å². The van der Waals surface area contributed by atoms with Crippen LogP contribution < -0.4 is 5.56 Å². The van der Waals surface area contributed by atoms with Crippen LogP contribution in [-0.4, -0.2) is 14.8 Å². The first kappa shape index (κ1) is 10.5. The van der Waals surface area contributed by atoms with Gasteiger partial charge < -0.3 is 0 Å². The van der Waals surface area contributed by atoms with E-state index in [1.54, 1.807) is 30.6 Å². The summed E-state index contributed by atoms with van der Waals surface area (Å²) in [6.45, 7) is 0. The van der Waals surface area contributed by atoms with E-state index in [0.717, 1.165) is 0 Å². The van der Waals surface area contributed by atoms with Crippen molar-refractivity contribution in [3.05, 3.63) is 49.9 Å². The molecule has 0 saturated heterocycles. The van der Waals surface area contributed by atoms with Crippen molar-refractivity contribution in [3.8, 4) is 5.82 Å². The number of rotatable bonds is 1. The Labute approximate surface area is 102 Å². The van der Waals surface area contributed by atoms with Crippen LogP contribution in [0.3, 0.4) is 0 Å². The van der Waals surface area contributed by atoms with E-state index >= 15 is 0 Å². The predicted molar refractivity (Wildman–Crippen MR) is 63.0 cm³/mol. The molecule has 0 bridgehead atoms. The van der Waals surface area contributed by atoms with Crippen LogP contribution in [0, 0.1) is 0 Å². The maximum atomic E-state index is 11.8. The fourth-order valence-corrected chi connectivity index (χ4v) is 1.59. The average molecular weight is 331 g/mol. The Hall–Kier alpha value is -1.01. The Kier molecular flexibility index (Phi) is 2.97. The number of nitrogens with zero attached hydrogens (tertiary/aromatic N) is 3. The van der Waals surface area contributed by atoms with Crippen molar-refractivity contribution in [1.29, 1.82) is 0 Å². The SMILES string of the molecule is O=c1c(Br)c(Br)cnn1-c1ccccn1. The lowest BCUT2D eigenvalue weighted by atomic mass is 10.4. The van der Waals surface area contributed by atoms with Crippen LogP contribution in [0.1, 0.15) is 0 Å². The Balaban J connectivity index is 2.66. The van der Waals surface area contributed by atoms with Crippen molar-refractivity contribution in [2.75, 3.05) is 0 Å². The third kappa shape index (κ3) is 2.00. The maximum absolute atomic E-state index is 11.8. The largest absolute Gasteiger partial charge is 0.288 e. The van der Waals surface area contributed by atoms with Gasteiger partial charge in [-0.15, -0.1) is 0 Å². The Bertz CT molecular complexity index is 539. The standard InChI is InChI=1S/C9H5Br2N3O/c10-6-5-13-14(9(15)8(6)11)7-3-1-2-4-12-7/h1-5H. The van der Waals surface area contributed by atoms with Crippen molar-refractivity contribution in [2.45, 2.75) is 0 Å². The lowest BCUT2D eigenvalue weighted by Crippen LogP contribution is -2.22. The minimum Gasteiger partial charge on any atom is -0.266 e. The van der Waals surface area contributed by atoms with Gasteiger partial charge in [0, 0.05) is 6.20 Å². The molecule has 0 N–H and O–H groups in total. The highest BCUT2D eigenvalue weighted by Crippen LogP contribution is 2.17. The molecule has 0 saturated carbocycles. The van der Waals surface area contributed by atoms with Crippen molar-refractivity contribution in [2.24, 2.45) is 0 Å². The molecule has 0 aliphatic heterocycles. The lowest BCUT2D eigenvalue weighted by Gasteiger charge is -2.03. The zero-order valence-electron chi connectivity index (χ0n) is 7.39. The van der Waals surface area contributed by atoms with Crippen LogP contribution in [0.4, 0.5) is 0 Å². The number of hydrogen-bond donors (Lipinski definition) is 0. The van der Waals surface area contributed by atoms with Gasteiger partial charge >= 0.3 is 0 Å². The fourth-order valence-electron chi connectivity index (χ4n) is 1.05. The number of hydrogen-bond acceptors (Lipinski definition) is 3. The summed E-state index contributed by atoms with van der Waals surface area (Å²) in [5, 5.41) is 3.97. The molecule has 76 valence electrons. The maximum Gasteiger partial charge on any atom is 0.288 e. The van der Waals surface area contributed by atoms with Crippen LogP contribution >= 0.6 is 31.9 Å². The second-order valence-corrected chi connectivity index (χ2v) is 4.36. The Morgan fingerprint density at radius 1 is 1.27 bits per heavy atom. The molecule has 0 amide bonds. The Morgan fingerprint density at radius 3 is 2.73 bits per heavy atom. The van der Waals surface area contributed by atoms with Crippen molar-refractivity contribution in [1.82, 2.24) is 14.8 Å². The van der Waals surface area contributed by atoms with Gasteiger partial charge in [0.15, 0.2) is 5.82 Å². The van der Waals surface area contributed by atoms with Crippen LogP contribution in [0.5, 0.6) is 0 Å². The van der Waals surface area contributed by atoms with Gasteiger partial charge in [0.1, 0.15) is 4.47 Å². The second-order valence-electron chi connectivity index (χ2n) is 2.71. The molecule has 0 aromatic carbocycles. The average Bonchev–Trinajstić information content (AvgIpc) is 2.27. The molecule has 0 aliphatic carbocycles. The monoisotopic (exact) mass is 329 g/mol. The van der Waals surface area contributed by atoms with E-state index in [1.807, 2.05) is 0 Å². The van der Waals surface area contributed by atoms with Crippen LogP contribution in [-0.2, 0) is 0 Å². The molecule has 0 fully saturated rings. The molecule has 0 spiro atoms. The van der Waals surface area contributed by atoms with E-state index in [0.29, 0.717) is 14.8 Å². The van der Waals surface area contributed by atoms with Crippen molar-refractivity contribution >= 4 is 31.9 Å². The Morgan fingerprint density at radius 2 is 2.07 bits per heavy atom. The zero-order valence-corrected chi connectivity index (χ0v) is 10.6. The summed E-state index contributed by atoms with van der Waals surface area (Å²) >= 11 is 6.39. The molecular formula is C9H5Br2N3O. The molecule has 2 rings (SSSR count). The van der Waals surface area contributed by atoms with Gasteiger partial charge in [-0.05, 0) is 44.0 Å². The summed E-state index contributed by atoms with van der Waals surface area (Å²) in [6, 6.07) is 5.30. The van der Waals surface area contributed by atoms with E-state index in [4.69, 9.17) is 0 Å². The summed E-state index contributed by atoms with van der Waals surface area (Å²) in [5.41, 5.74) is -0.247. The van der Waals surface area contributed by atoms with E-state index in [-0.39, 0.29) is 5.56 Å². The molecule has 2 aromatic heterocycles. The summed E-state index contributed by atoms with van der Waals surface area (Å²) < 4.78 is 2.29. The smallest absolute Gasteiger partial charge is 0.266 e. The molecule has 0 radical (unpaired) electrons. The molecular weight excluding hydrogens is 326 g/mol. The highest BCUT2D eigenvalue weighted by Gasteiger charge is 2.08. The van der Waals surface area contributed by atoms with Gasteiger partial charge in [0.2, 0.25) is 0 Å². The van der Waals surface area contributed by atoms with E-state index in [1.165, 1.54) is 4.68 Å². The van der Waals surface area contributed by atoms with Gasteiger partial charge in [0.25, 0.3) is 5.56 Å². The first-order chi connectivity index (χ1) is 7.20. The topological polar surface area (TPSA) is 47.8 Å². The quantitative estimate of drug-likeness (QED) is 0.805. The minimum absolute atomic E-state index is 0.247. The molecule has 0 unspecified atom stereocenters. The number of halogens is 2. The van der Waals surface area contributed by atoms with Gasteiger partial charge in [0.05, 0.1) is 10.7 Å². The van der Waals surface area contributed by atoms with Crippen LogP contribution in [0.15, 0.2) is 44.3 Å². The summed E-state index contributed by atoms with van der Waals surface area (Å²) in [7, 11) is 0. The number of pyridine rings is 1. The first-order valence-electron chi connectivity index (χ1n) is 4.05. The van der Waals surface area contributed by atoms with E-state index < -0.39 is 0 Å². The fraction of sp³-hybridized carbons (Fsp3) is 0. The summed E-state index contributed by atoms with van der Waals surface area (Å²) in [5.74, 6) is 0.496. The van der Waals surface area contributed by atoms with E-state index in [2.05, 4.69) is 41.9 Å². The van der Waals surface area contributed by atoms with Crippen molar-refractivity contribution < 1.29 is 0 Å². The molecule has 2 heterocycles. The van der Waals surface area contributed by atoms with Gasteiger partial charge in [-0.3, -0.25) is 4.79 Å².